The van der Waals surface area contributed by atoms with Gasteiger partial charge in [-0.25, -0.2) is 4.98 Å². The van der Waals surface area contributed by atoms with E-state index in [0.29, 0.717) is 49.4 Å². The molecule has 2 aromatic heterocycles. The number of carboxylic acids is 1. The number of pyridine rings is 1. The minimum absolute atomic E-state index is 0.158. The lowest BCUT2D eigenvalue weighted by atomic mass is 10.2. The van der Waals surface area contributed by atoms with Crippen molar-refractivity contribution in [2.75, 3.05) is 43.5 Å². The molecule has 33 heavy (non-hydrogen) atoms. The highest BCUT2D eigenvalue weighted by atomic mass is 32.1. The van der Waals surface area contributed by atoms with Gasteiger partial charge in [-0.3, -0.25) is 4.79 Å². The van der Waals surface area contributed by atoms with Crippen molar-refractivity contribution in [3.63, 3.8) is 0 Å². The van der Waals surface area contributed by atoms with Crippen LogP contribution in [0.1, 0.15) is 17.3 Å². The number of hydrogen-bond donors (Lipinski definition) is 1. The third-order valence-corrected chi connectivity index (χ3v) is 5.91. The Morgan fingerprint density at radius 3 is 2.52 bits per heavy atom. The van der Waals surface area contributed by atoms with E-state index >= 15 is 0 Å². The van der Waals surface area contributed by atoms with Crippen LogP contribution in [0.2, 0.25) is 0 Å². The fourth-order valence-corrected chi connectivity index (χ4v) is 3.99. The summed E-state index contributed by atoms with van der Waals surface area (Å²) in [5, 5.41) is 15.3. The Labute approximate surface area is 195 Å². The summed E-state index contributed by atoms with van der Waals surface area (Å²) in [6, 6.07) is 7.55. The molecule has 1 fully saturated rings. The van der Waals surface area contributed by atoms with Gasteiger partial charge < -0.3 is 34.3 Å². The number of thiocarbonyl (C=S) groups is 1. The molecular weight excluding hydrogens is 444 g/mol. The van der Waals surface area contributed by atoms with Crippen LogP contribution < -0.4 is 25.5 Å². The van der Waals surface area contributed by atoms with Gasteiger partial charge in [0.25, 0.3) is 0 Å². The van der Waals surface area contributed by atoms with Crippen LogP contribution >= 0.6 is 12.2 Å². The van der Waals surface area contributed by atoms with Crippen molar-refractivity contribution in [3.8, 4) is 5.75 Å². The molecule has 1 aliphatic rings. The highest BCUT2D eigenvalue weighted by Crippen LogP contribution is 2.18. The smallest absolute Gasteiger partial charge is 0.227 e. The molecule has 3 aromatic rings. The molecule has 0 amide bonds. The second kappa shape index (κ2) is 9.41. The highest BCUT2D eigenvalue weighted by Gasteiger charge is 2.22. The van der Waals surface area contributed by atoms with E-state index < -0.39 is 17.0 Å². The molecule has 1 aliphatic heterocycles. The normalized spacial score (nSPS) is 13.8. The number of carbonyl (C=O) groups is 1. The molecule has 3 heterocycles. The molecule has 10 nitrogen and oxygen atoms in total. The van der Waals surface area contributed by atoms with Crippen molar-refractivity contribution in [1.29, 1.82) is 0 Å². The number of piperazine rings is 1. The van der Waals surface area contributed by atoms with Gasteiger partial charge in [-0.1, -0.05) is 0 Å². The molecule has 11 heteroatoms. The predicted molar refractivity (Wildman–Crippen MR) is 127 cm³/mol. The first-order valence-corrected chi connectivity index (χ1v) is 10.9. The molecule has 0 bridgehead atoms. The Kier molecular flexibility index (Phi) is 6.40. The van der Waals surface area contributed by atoms with Crippen LogP contribution in [-0.4, -0.2) is 63.8 Å². The van der Waals surface area contributed by atoms with E-state index in [2.05, 4.69) is 20.2 Å². The zero-order valence-corrected chi connectivity index (χ0v) is 19.1. The third-order valence-electron chi connectivity index (χ3n) is 5.55. The summed E-state index contributed by atoms with van der Waals surface area (Å²) in [4.78, 5) is 36.7. The van der Waals surface area contributed by atoms with E-state index in [0.717, 1.165) is 11.4 Å². The number of carboxylic acid groups (broad SMARTS) is 1. The lowest BCUT2D eigenvalue weighted by Gasteiger charge is -2.36. The third kappa shape index (κ3) is 4.58. The largest absolute Gasteiger partial charge is 0.545 e. The molecule has 0 saturated carbocycles. The van der Waals surface area contributed by atoms with Crippen LogP contribution in [0, 0.1) is 0 Å². The number of aromatic carboxylic acids is 1. The van der Waals surface area contributed by atoms with Gasteiger partial charge in [-0.15, -0.1) is 0 Å². The van der Waals surface area contributed by atoms with Gasteiger partial charge in [0.05, 0.1) is 24.0 Å². The van der Waals surface area contributed by atoms with Gasteiger partial charge in [-0.05, 0) is 43.4 Å². The summed E-state index contributed by atoms with van der Waals surface area (Å²) >= 11 is 5.56. The lowest BCUT2D eigenvalue weighted by molar-refractivity contribution is -0.255. The van der Waals surface area contributed by atoms with Crippen LogP contribution in [0.15, 0.2) is 41.5 Å². The summed E-state index contributed by atoms with van der Waals surface area (Å²) in [5.41, 5.74) is 0.249. The number of aryl methyl sites for hydroxylation is 1. The summed E-state index contributed by atoms with van der Waals surface area (Å²) in [7, 11) is 1.62. The molecule has 0 atom stereocenters. The fraction of sp³-hybridized carbons (Fsp3) is 0.318. The first kappa shape index (κ1) is 22.5. The number of ether oxygens (including phenoxy) is 1. The maximum atomic E-state index is 12.5. The van der Waals surface area contributed by atoms with E-state index in [1.54, 1.807) is 11.7 Å². The van der Waals surface area contributed by atoms with E-state index in [1.807, 2.05) is 36.1 Å². The standard InChI is InChI=1S/C22H24N6O4S/c1-3-26-13-17(20(30)31)18(29)16-12-23-21(25-19(16)26)27-8-10-28(11-9-27)22(33)24-14-4-6-15(32-2)7-5-14/h4-7,12-13H,3,8-11H2,1-2H3,(H,24,33)(H,30,31)/p-1. The van der Waals surface area contributed by atoms with Crippen molar-refractivity contribution in [2.45, 2.75) is 13.5 Å². The topological polar surface area (TPSA) is 116 Å². The molecule has 4 rings (SSSR count). The summed E-state index contributed by atoms with van der Waals surface area (Å²) in [6.07, 6.45) is 2.67. The molecule has 0 spiro atoms. The van der Waals surface area contributed by atoms with Crippen LogP contribution in [-0.2, 0) is 6.54 Å². The molecular formula is C22H23N6O4S-. The maximum Gasteiger partial charge on any atom is 0.227 e. The monoisotopic (exact) mass is 467 g/mol. The van der Waals surface area contributed by atoms with E-state index in [-0.39, 0.29) is 5.39 Å². The number of aromatic nitrogens is 3. The predicted octanol–water partition coefficient (Wildman–Crippen LogP) is 0.702. The van der Waals surface area contributed by atoms with Crippen molar-refractivity contribution < 1.29 is 14.6 Å². The zero-order chi connectivity index (χ0) is 23.5. The van der Waals surface area contributed by atoms with E-state index in [1.165, 1.54) is 12.4 Å². The highest BCUT2D eigenvalue weighted by molar-refractivity contribution is 7.80. The molecule has 0 unspecified atom stereocenters. The number of rotatable bonds is 5. The number of nitrogens with zero attached hydrogens (tertiary/aromatic N) is 5. The van der Waals surface area contributed by atoms with Crippen molar-refractivity contribution in [3.05, 3.63) is 52.4 Å². The zero-order valence-electron chi connectivity index (χ0n) is 18.3. The lowest BCUT2D eigenvalue weighted by Crippen LogP contribution is -2.50. The average molecular weight is 468 g/mol. The number of anilines is 2. The summed E-state index contributed by atoms with van der Waals surface area (Å²) in [6.45, 7) is 4.93. The molecule has 1 N–H and O–H groups in total. The fourth-order valence-electron chi connectivity index (χ4n) is 3.69. The summed E-state index contributed by atoms with van der Waals surface area (Å²) < 4.78 is 6.79. The van der Waals surface area contributed by atoms with Gasteiger partial charge in [-0.2, -0.15) is 4.98 Å². The van der Waals surface area contributed by atoms with E-state index in [9.17, 15) is 14.7 Å². The number of benzene rings is 1. The van der Waals surface area contributed by atoms with Crippen LogP contribution in [0.3, 0.4) is 0 Å². The van der Waals surface area contributed by atoms with Crippen molar-refractivity contribution in [2.24, 2.45) is 0 Å². The Balaban J connectivity index is 1.47. The van der Waals surface area contributed by atoms with E-state index in [4.69, 9.17) is 17.0 Å². The molecule has 0 radical (unpaired) electrons. The number of nitrogens with one attached hydrogen (secondary N) is 1. The number of methoxy groups -OCH3 is 1. The average Bonchev–Trinajstić information content (AvgIpc) is 2.84. The Bertz CT molecular complexity index is 1250. The second-order valence-corrected chi connectivity index (χ2v) is 7.87. The number of carbonyl (C=O) groups excluding carboxylic acids is 1. The first-order chi connectivity index (χ1) is 15.9. The molecule has 0 aliphatic carbocycles. The van der Waals surface area contributed by atoms with Crippen molar-refractivity contribution in [1.82, 2.24) is 19.4 Å². The van der Waals surface area contributed by atoms with Crippen LogP contribution in [0.25, 0.3) is 11.0 Å². The molecule has 172 valence electrons. The maximum absolute atomic E-state index is 12.5. The van der Waals surface area contributed by atoms with Gasteiger partial charge in [0.15, 0.2) is 5.11 Å². The minimum atomic E-state index is -1.51. The van der Waals surface area contributed by atoms with Gasteiger partial charge in [0.1, 0.15) is 11.4 Å². The Morgan fingerprint density at radius 2 is 1.91 bits per heavy atom. The van der Waals surface area contributed by atoms with Gasteiger partial charge >= 0.3 is 0 Å². The minimum Gasteiger partial charge on any atom is -0.545 e. The van der Waals surface area contributed by atoms with Gasteiger partial charge in [0.2, 0.25) is 11.4 Å². The Morgan fingerprint density at radius 1 is 1.21 bits per heavy atom. The summed E-state index contributed by atoms with van der Waals surface area (Å²) in [5.74, 6) is -0.248. The second-order valence-electron chi connectivity index (χ2n) is 7.49. The van der Waals surface area contributed by atoms with Crippen LogP contribution in [0.4, 0.5) is 11.6 Å². The molecule has 1 saturated heterocycles. The number of hydrogen-bond acceptors (Lipinski definition) is 8. The quantitative estimate of drug-likeness (QED) is 0.538. The first-order valence-electron chi connectivity index (χ1n) is 10.5. The van der Waals surface area contributed by atoms with Crippen molar-refractivity contribution >= 4 is 46.0 Å². The number of fused-ring (bicyclic) bond motifs is 1. The van der Waals surface area contributed by atoms with Crippen LogP contribution in [0.5, 0.6) is 5.75 Å². The Hall–Kier alpha value is -3.73. The molecule has 1 aromatic carbocycles. The van der Waals surface area contributed by atoms with Gasteiger partial charge in [0, 0.05) is 50.8 Å². The SMILES string of the molecule is CCn1cc(C(=O)[O-])c(=O)c2cnc(N3CCN(C(=S)Nc4ccc(OC)cc4)CC3)nc21.